The maximum atomic E-state index is 14.0. The van der Waals surface area contributed by atoms with Crippen LogP contribution in [0.3, 0.4) is 0 Å². The lowest BCUT2D eigenvalue weighted by molar-refractivity contribution is 0.198. The van der Waals surface area contributed by atoms with Crippen molar-refractivity contribution in [3.63, 3.8) is 0 Å². The van der Waals surface area contributed by atoms with Crippen molar-refractivity contribution >= 4 is 15.7 Å². The number of ether oxygens (including phenoxy) is 1. The van der Waals surface area contributed by atoms with Gasteiger partial charge in [0.1, 0.15) is 5.82 Å². The Hall–Kier alpha value is -3.70. The van der Waals surface area contributed by atoms with E-state index in [0.717, 1.165) is 0 Å². The summed E-state index contributed by atoms with van der Waals surface area (Å²) < 4.78 is 50.3. The van der Waals surface area contributed by atoms with Gasteiger partial charge in [-0.05, 0) is 30.7 Å². The molecule has 11 heteroatoms. The number of benzene rings is 2. The number of nitrogen functional groups attached to an aromatic ring is 1. The molecular formula is C22H18FN5O4S. The minimum Gasteiger partial charge on any atom is -0.414 e. The lowest BCUT2D eigenvalue weighted by Gasteiger charge is -2.10. The SMILES string of the molecule is Nc1ncc(-c2ccc(S(=O)(=O)C3CCOC3)cc2)nc1-c1nnc(-c2ccccc2F)o1. The lowest BCUT2D eigenvalue weighted by atomic mass is 10.1. The van der Waals surface area contributed by atoms with Crippen LogP contribution in [0.4, 0.5) is 10.2 Å². The summed E-state index contributed by atoms with van der Waals surface area (Å²) in [4.78, 5) is 8.83. The van der Waals surface area contributed by atoms with Gasteiger partial charge in [0.2, 0.25) is 0 Å². The normalized spacial score (nSPS) is 16.2. The van der Waals surface area contributed by atoms with Crippen molar-refractivity contribution in [1.82, 2.24) is 20.2 Å². The molecule has 9 nitrogen and oxygen atoms in total. The monoisotopic (exact) mass is 467 g/mol. The minimum absolute atomic E-state index is 0.0134. The molecule has 2 aromatic heterocycles. The van der Waals surface area contributed by atoms with Gasteiger partial charge in [0, 0.05) is 12.2 Å². The van der Waals surface area contributed by atoms with Crippen LogP contribution in [-0.2, 0) is 14.6 Å². The third kappa shape index (κ3) is 3.96. The number of aromatic nitrogens is 4. The zero-order valence-corrected chi connectivity index (χ0v) is 18.0. The molecule has 0 radical (unpaired) electrons. The summed E-state index contributed by atoms with van der Waals surface area (Å²) in [6, 6.07) is 12.4. The maximum absolute atomic E-state index is 14.0. The number of halogens is 1. The Bertz CT molecular complexity index is 1420. The third-order valence-corrected chi connectivity index (χ3v) is 7.52. The molecule has 1 aliphatic rings. The Morgan fingerprint density at radius 3 is 2.52 bits per heavy atom. The summed E-state index contributed by atoms with van der Waals surface area (Å²) in [6.45, 7) is 0.649. The van der Waals surface area contributed by atoms with E-state index >= 15 is 0 Å². The van der Waals surface area contributed by atoms with E-state index in [9.17, 15) is 12.8 Å². The van der Waals surface area contributed by atoms with E-state index in [1.807, 2.05) is 0 Å². The molecule has 1 aliphatic heterocycles. The molecule has 4 aromatic rings. The minimum atomic E-state index is -3.47. The number of nitrogens with zero attached hydrogens (tertiary/aromatic N) is 4. The summed E-state index contributed by atoms with van der Waals surface area (Å²) in [5.74, 6) is -0.469. The molecule has 1 fully saturated rings. The van der Waals surface area contributed by atoms with Crippen LogP contribution < -0.4 is 5.73 Å². The fraction of sp³-hybridized carbons (Fsp3) is 0.182. The molecule has 1 saturated heterocycles. The first kappa shape index (κ1) is 21.2. The first-order chi connectivity index (χ1) is 15.9. The van der Waals surface area contributed by atoms with E-state index in [-0.39, 0.29) is 40.4 Å². The highest BCUT2D eigenvalue weighted by Crippen LogP contribution is 2.30. The highest BCUT2D eigenvalue weighted by Gasteiger charge is 2.31. The van der Waals surface area contributed by atoms with Crippen molar-refractivity contribution in [3.8, 4) is 34.3 Å². The van der Waals surface area contributed by atoms with Crippen LogP contribution in [0.1, 0.15) is 6.42 Å². The maximum Gasteiger partial charge on any atom is 0.270 e. The van der Waals surface area contributed by atoms with Crippen LogP contribution >= 0.6 is 0 Å². The predicted molar refractivity (Wildman–Crippen MR) is 117 cm³/mol. The zero-order valence-electron chi connectivity index (χ0n) is 17.2. The van der Waals surface area contributed by atoms with Crippen LogP contribution in [0.5, 0.6) is 0 Å². The van der Waals surface area contributed by atoms with Crippen LogP contribution in [0.15, 0.2) is 64.0 Å². The van der Waals surface area contributed by atoms with Gasteiger partial charge in [0.15, 0.2) is 21.3 Å². The van der Waals surface area contributed by atoms with Gasteiger partial charge in [0.05, 0.1) is 34.2 Å². The average Bonchev–Trinajstić information content (AvgIpc) is 3.53. The first-order valence-corrected chi connectivity index (χ1v) is 11.6. The molecule has 1 unspecified atom stereocenters. The molecule has 168 valence electrons. The molecule has 0 aliphatic carbocycles. The topological polar surface area (TPSA) is 134 Å². The smallest absolute Gasteiger partial charge is 0.270 e. The largest absolute Gasteiger partial charge is 0.414 e. The molecular weight excluding hydrogens is 449 g/mol. The average molecular weight is 467 g/mol. The van der Waals surface area contributed by atoms with Crippen LogP contribution in [-0.4, -0.2) is 47.0 Å². The number of anilines is 1. The molecule has 0 bridgehead atoms. The van der Waals surface area contributed by atoms with Crippen molar-refractivity contribution < 1.29 is 22.0 Å². The van der Waals surface area contributed by atoms with Crippen molar-refractivity contribution in [2.24, 2.45) is 0 Å². The number of hydrogen-bond donors (Lipinski definition) is 1. The van der Waals surface area contributed by atoms with E-state index in [1.54, 1.807) is 24.3 Å². The second-order valence-electron chi connectivity index (χ2n) is 7.44. The molecule has 0 amide bonds. The summed E-state index contributed by atoms with van der Waals surface area (Å²) >= 11 is 0. The Labute approximate surface area is 188 Å². The molecule has 3 heterocycles. The number of rotatable bonds is 5. The van der Waals surface area contributed by atoms with Gasteiger partial charge in [-0.1, -0.05) is 24.3 Å². The van der Waals surface area contributed by atoms with Gasteiger partial charge in [-0.25, -0.2) is 22.8 Å². The first-order valence-electron chi connectivity index (χ1n) is 10.1. The third-order valence-electron chi connectivity index (χ3n) is 5.34. The molecule has 2 aromatic carbocycles. The van der Waals surface area contributed by atoms with E-state index in [0.29, 0.717) is 24.3 Å². The standard InChI is InChI=1S/C22H18FN5O4S/c23-17-4-2-1-3-16(17)21-27-28-22(32-21)19-20(24)25-11-18(26-19)13-5-7-14(8-6-13)33(29,30)15-9-10-31-12-15/h1-8,11,15H,9-10,12H2,(H2,24,25). The van der Waals surface area contributed by atoms with Crippen molar-refractivity contribution in [2.75, 3.05) is 18.9 Å². The molecule has 2 N–H and O–H groups in total. The number of sulfone groups is 1. The summed E-state index contributed by atoms with van der Waals surface area (Å²) in [7, 11) is -3.47. The highest BCUT2D eigenvalue weighted by atomic mass is 32.2. The Kier molecular flexibility index (Phi) is 5.35. The second kappa shape index (κ2) is 8.34. The summed E-state index contributed by atoms with van der Waals surface area (Å²) in [6.07, 6.45) is 1.94. The van der Waals surface area contributed by atoms with Gasteiger partial charge < -0.3 is 14.9 Å². The van der Waals surface area contributed by atoms with Crippen LogP contribution in [0.25, 0.3) is 34.3 Å². The van der Waals surface area contributed by atoms with Gasteiger partial charge in [-0.15, -0.1) is 10.2 Å². The fourth-order valence-corrected chi connectivity index (χ4v) is 5.10. The molecule has 0 saturated carbocycles. The van der Waals surface area contributed by atoms with E-state index in [2.05, 4.69) is 20.2 Å². The van der Waals surface area contributed by atoms with E-state index in [4.69, 9.17) is 14.9 Å². The zero-order chi connectivity index (χ0) is 23.0. The quantitative estimate of drug-likeness (QED) is 0.470. The van der Waals surface area contributed by atoms with Crippen LogP contribution in [0.2, 0.25) is 0 Å². The fourth-order valence-electron chi connectivity index (χ4n) is 3.52. The number of hydrogen-bond acceptors (Lipinski definition) is 9. The van der Waals surface area contributed by atoms with Gasteiger partial charge in [0.25, 0.3) is 11.8 Å². The van der Waals surface area contributed by atoms with Crippen molar-refractivity contribution in [2.45, 2.75) is 16.6 Å². The summed E-state index contributed by atoms with van der Waals surface area (Å²) in [5.41, 5.74) is 7.31. The Morgan fingerprint density at radius 2 is 1.79 bits per heavy atom. The Morgan fingerprint density at radius 1 is 1.03 bits per heavy atom. The van der Waals surface area contributed by atoms with Crippen molar-refractivity contribution in [1.29, 1.82) is 0 Å². The molecule has 0 spiro atoms. The van der Waals surface area contributed by atoms with E-state index < -0.39 is 20.9 Å². The second-order valence-corrected chi connectivity index (χ2v) is 9.66. The predicted octanol–water partition coefficient (Wildman–Crippen LogP) is 3.14. The molecule has 33 heavy (non-hydrogen) atoms. The van der Waals surface area contributed by atoms with Crippen LogP contribution in [0, 0.1) is 5.82 Å². The Balaban J connectivity index is 1.46. The molecule has 5 rings (SSSR count). The summed E-state index contributed by atoms with van der Waals surface area (Å²) in [5, 5.41) is 7.28. The van der Waals surface area contributed by atoms with E-state index in [1.165, 1.54) is 30.5 Å². The van der Waals surface area contributed by atoms with Gasteiger partial charge >= 0.3 is 0 Å². The van der Waals surface area contributed by atoms with Crippen molar-refractivity contribution in [3.05, 3.63) is 60.5 Å². The molecule has 1 atom stereocenters. The highest BCUT2D eigenvalue weighted by molar-refractivity contribution is 7.92. The van der Waals surface area contributed by atoms with Gasteiger partial charge in [-0.3, -0.25) is 0 Å². The lowest BCUT2D eigenvalue weighted by Crippen LogP contribution is -2.21. The van der Waals surface area contributed by atoms with Gasteiger partial charge in [-0.2, -0.15) is 0 Å². The number of nitrogens with two attached hydrogens (primary N) is 1.